The zero-order valence-electron chi connectivity index (χ0n) is 9.17. The van der Waals surface area contributed by atoms with E-state index in [9.17, 15) is 4.79 Å². The number of nitrogens with one attached hydrogen (secondary N) is 1. The largest absolute Gasteiger partial charge is 0.337 e. The molecule has 1 radical (unpaired) electrons. The summed E-state index contributed by atoms with van der Waals surface area (Å²) in [6, 6.07) is 19.0. The SMILES string of the molecule is O=C(N[CH]Sc1ccccc1)c1ccccc1. The van der Waals surface area contributed by atoms with Crippen molar-refractivity contribution < 1.29 is 4.79 Å². The molecule has 0 aliphatic rings. The first kappa shape index (κ1) is 11.7. The summed E-state index contributed by atoms with van der Waals surface area (Å²) in [7, 11) is 0. The Kier molecular flexibility index (Phi) is 4.22. The molecule has 0 spiro atoms. The van der Waals surface area contributed by atoms with Gasteiger partial charge in [-0.15, -0.1) is 0 Å². The molecule has 0 saturated heterocycles. The van der Waals surface area contributed by atoms with Crippen LogP contribution in [0.5, 0.6) is 0 Å². The predicted molar refractivity (Wildman–Crippen MR) is 70.5 cm³/mol. The molecule has 0 bridgehead atoms. The fourth-order valence-electron chi connectivity index (χ4n) is 1.32. The summed E-state index contributed by atoms with van der Waals surface area (Å²) in [4.78, 5) is 12.8. The van der Waals surface area contributed by atoms with Crippen LogP contribution in [0.4, 0.5) is 0 Å². The summed E-state index contributed by atoms with van der Waals surface area (Å²) in [6.45, 7) is 0. The molecule has 85 valence electrons. The molecule has 2 rings (SSSR count). The van der Waals surface area contributed by atoms with Gasteiger partial charge in [-0.3, -0.25) is 4.79 Å². The Morgan fingerprint density at radius 2 is 1.53 bits per heavy atom. The zero-order chi connectivity index (χ0) is 11.9. The summed E-state index contributed by atoms with van der Waals surface area (Å²) < 4.78 is 0. The molecule has 0 aliphatic heterocycles. The number of amides is 1. The third kappa shape index (κ3) is 3.64. The van der Waals surface area contributed by atoms with E-state index in [4.69, 9.17) is 0 Å². The van der Waals surface area contributed by atoms with Gasteiger partial charge in [0.2, 0.25) is 0 Å². The van der Waals surface area contributed by atoms with Gasteiger partial charge in [0.25, 0.3) is 5.91 Å². The first-order valence-corrected chi connectivity index (χ1v) is 6.13. The maximum Gasteiger partial charge on any atom is 0.252 e. The zero-order valence-corrected chi connectivity index (χ0v) is 9.98. The molecule has 2 aromatic carbocycles. The number of hydrogen-bond acceptors (Lipinski definition) is 2. The van der Waals surface area contributed by atoms with Gasteiger partial charge in [0.05, 0.1) is 0 Å². The number of carbonyl (C=O) groups excluding carboxylic acids is 1. The molecule has 0 atom stereocenters. The van der Waals surface area contributed by atoms with Crippen molar-refractivity contribution in [3.05, 3.63) is 72.1 Å². The van der Waals surface area contributed by atoms with Gasteiger partial charge < -0.3 is 5.32 Å². The second-order valence-electron chi connectivity index (χ2n) is 3.39. The maximum absolute atomic E-state index is 11.7. The van der Waals surface area contributed by atoms with Crippen LogP contribution in [0, 0.1) is 5.88 Å². The van der Waals surface area contributed by atoms with Crippen molar-refractivity contribution in [2.24, 2.45) is 0 Å². The van der Waals surface area contributed by atoms with Crippen LogP contribution in [0.1, 0.15) is 10.4 Å². The van der Waals surface area contributed by atoms with Crippen molar-refractivity contribution in [1.29, 1.82) is 0 Å². The van der Waals surface area contributed by atoms with Crippen LogP contribution in [0.15, 0.2) is 65.6 Å². The standard InChI is InChI=1S/C14H12NOS/c16-14(12-7-3-1-4-8-12)15-11-17-13-9-5-2-6-10-13/h1-11H,(H,15,16). The Morgan fingerprint density at radius 1 is 0.941 bits per heavy atom. The Balaban J connectivity index is 1.82. The quantitative estimate of drug-likeness (QED) is 0.833. The van der Waals surface area contributed by atoms with E-state index in [1.54, 1.807) is 18.0 Å². The topological polar surface area (TPSA) is 29.1 Å². The molecular weight excluding hydrogens is 230 g/mol. The Bertz CT molecular complexity index is 470. The van der Waals surface area contributed by atoms with Crippen LogP contribution in [-0.2, 0) is 0 Å². The van der Waals surface area contributed by atoms with Crippen molar-refractivity contribution in [3.8, 4) is 0 Å². The highest BCUT2D eigenvalue weighted by atomic mass is 32.2. The van der Waals surface area contributed by atoms with Crippen LogP contribution < -0.4 is 5.32 Å². The average molecular weight is 242 g/mol. The second kappa shape index (κ2) is 6.11. The molecule has 1 amide bonds. The van der Waals surface area contributed by atoms with Crippen LogP contribution in [0.2, 0.25) is 0 Å². The van der Waals surface area contributed by atoms with E-state index in [-0.39, 0.29) is 5.91 Å². The molecule has 0 unspecified atom stereocenters. The Labute approximate surface area is 105 Å². The van der Waals surface area contributed by atoms with Crippen LogP contribution in [-0.4, -0.2) is 5.91 Å². The van der Waals surface area contributed by atoms with Crippen LogP contribution in [0.3, 0.4) is 0 Å². The highest BCUT2D eigenvalue weighted by Crippen LogP contribution is 2.18. The van der Waals surface area contributed by atoms with Gasteiger partial charge in [0.15, 0.2) is 0 Å². The highest BCUT2D eigenvalue weighted by molar-refractivity contribution is 8.01. The summed E-state index contributed by atoms with van der Waals surface area (Å²) >= 11 is 1.49. The molecule has 1 N–H and O–H groups in total. The molecule has 0 saturated carbocycles. The molecule has 3 heteroatoms. The van der Waals surface area contributed by atoms with E-state index in [2.05, 4.69) is 5.32 Å². The van der Waals surface area contributed by atoms with E-state index >= 15 is 0 Å². The van der Waals surface area contributed by atoms with Gasteiger partial charge in [-0.25, -0.2) is 0 Å². The second-order valence-corrected chi connectivity index (χ2v) is 4.33. The Morgan fingerprint density at radius 3 is 2.18 bits per heavy atom. The lowest BCUT2D eigenvalue weighted by Crippen LogP contribution is -2.18. The van der Waals surface area contributed by atoms with Crippen molar-refractivity contribution >= 4 is 17.7 Å². The van der Waals surface area contributed by atoms with Gasteiger partial charge in [-0.2, -0.15) is 0 Å². The number of hydrogen-bond donors (Lipinski definition) is 1. The fourth-order valence-corrected chi connectivity index (χ4v) is 1.94. The third-order valence-electron chi connectivity index (χ3n) is 2.16. The van der Waals surface area contributed by atoms with Gasteiger partial charge in [0, 0.05) is 10.5 Å². The van der Waals surface area contributed by atoms with E-state index in [1.165, 1.54) is 11.8 Å². The summed E-state index contributed by atoms with van der Waals surface area (Å²) in [5, 5.41) is 2.75. The van der Waals surface area contributed by atoms with Crippen molar-refractivity contribution in [3.63, 3.8) is 0 Å². The number of thioether (sulfide) groups is 1. The highest BCUT2D eigenvalue weighted by Gasteiger charge is 2.03. The van der Waals surface area contributed by atoms with Gasteiger partial charge in [0.1, 0.15) is 5.88 Å². The normalized spacial score (nSPS) is 9.88. The average Bonchev–Trinajstić information content (AvgIpc) is 2.41. The summed E-state index contributed by atoms with van der Waals surface area (Å²) in [6.07, 6.45) is 0. The van der Waals surface area contributed by atoms with Gasteiger partial charge in [-0.1, -0.05) is 48.2 Å². The van der Waals surface area contributed by atoms with Gasteiger partial charge in [-0.05, 0) is 24.3 Å². The predicted octanol–water partition coefficient (Wildman–Crippen LogP) is 3.33. The number of carbonyl (C=O) groups is 1. The lowest BCUT2D eigenvalue weighted by molar-refractivity contribution is 0.0967. The van der Waals surface area contributed by atoms with Crippen LogP contribution >= 0.6 is 11.8 Å². The summed E-state index contributed by atoms with van der Waals surface area (Å²) in [5.41, 5.74) is 0.664. The lowest BCUT2D eigenvalue weighted by atomic mass is 10.2. The lowest BCUT2D eigenvalue weighted by Gasteiger charge is -2.04. The molecule has 0 fully saturated rings. The summed E-state index contributed by atoms with van der Waals surface area (Å²) in [5.74, 6) is 1.61. The Hall–Kier alpha value is -1.74. The molecule has 0 aliphatic carbocycles. The molecule has 17 heavy (non-hydrogen) atoms. The third-order valence-corrected chi connectivity index (χ3v) is 2.94. The maximum atomic E-state index is 11.7. The molecule has 2 nitrogen and oxygen atoms in total. The van der Waals surface area contributed by atoms with Crippen molar-refractivity contribution in [2.45, 2.75) is 4.90 Å². The van der Waals surface area contributed by atoms with Gasteiger partial charge >= 0.3 is 0 Å². The number of rotatable bonds is 4. The molecule has 0 aromatic heterocycles. The molecular formula is C14H12NOS. The first-order chi connectivity index (χ1) is 8.36. The molecule has 2 aromatic rings. The smallest absolute Gasteiger partial charge is 0.252 e. The van der Waals surface area contributed by atoms with E-state index in [1.807, 2.05) is 48.5 Å². The first-order valence-electron chi connectivity index (χ1n) is 5.25. The van der Waals surface area contributed by atoms with E-state index in [0.717, 1.165) is 4.90 Å². The number of benzene rings is 2. The molecule has 0 heterocycles. The van der Waals surface area contributed by atoms with Crippen LogP contribution in [0.25, 0.3) is 0 Å². The van der Waals surface area contributed by atoms with E-state index in [0.29, 0.717) is 5.56 Å². The van der Waals surface area contributed by atoms with Crippen molar-refractivity contribution in [1.82, 2.24) is 5.32 Å². The fraction of sp³-hybridized carbons (Fsp3) is 0. The van der Waals surface area contributed by atoms with Crippen molar-refractivity contribution in [2.75, 3.05) is 0 Å². The van der Waals surface area contributed by atoms with E-state index < -0.39 is 0 Å². The minimum Gasteiger partial charge on any atom is -0.337 e. The monoisotopic (exact) mass is 242 g/mol. The minimum absolute atomic E-state index is 0.0889. The minimum atomic E-state index is -0.0889.